The molecule has 124 valence electrons. The van der Waals surface area contributed by atoms with Crippen molar-refractivity contribution >= 4 is 28.2 Å². The standard InChI is InChI=1S/C16H20N2O4S/c1-3-5-11(19)9-17-16(21)14-10(2)8-13(23-14)18-15(20)12-6-4-7-22-12/h4,6-8,11,19H,3,5,9H2,1-2H3,(H,17,21)(H,18,20). The number of carbonyl (C=O) groups excluding carboxylic acids is 2. The lowest BCUT2D eigenvalue weighted by Gasteiger charge is -2.10. The lowest BCUT2D eigenvalue weighted by atomic mass is 10.2. The fraction of sp³-hybridized carbons (Fsp3) is 0.375. The lowest BCUT2D eigenvalue weighted by molar-refractivity contribution is 0.0913. The molecule has 0 bridgehead atoms. The zero-order valence-electron chi connectivity index (χ0n) is 13.1. The van der Waals surface area contributed by atoms with Crippen molar-refractivity contribution < 1.29 is 19.1 Å². The molecular formula is C16H20N2O4S. The Hall–Kier alpha value is -2.12. The van der Waals surface area contributed by atoms with Crippen molar-refractivity contribution in [2.24, 2.45) is 0 Å². The molecule has 7 heteroatoms. The molecular weight excluding hydrogens is 316 g/mol. The molecule has 0 fully saturated rings. The van der Waals surface area contributed by atoms with Crippen LogP contribution in [0.15, 0.2) is 28.9 Å². The van der Waals surface area contributed by atoms with Gasteiger partial charge in [0.25, 0.3) is 11.8 Å². The van der Waals surface area contributed by atoms with E-state index in [1.807, 2.05) is 6.92 Å². The third-order valence-electron chi connectivity index (χ3n) is 3.23. The summed E-state index contributed by atoms with van der Waals surface area (Å²) < 4.78 is 5.03. The molecule has 0 saturated carbocycles. The van der Waals surface area contributed by atoms with Crippen LogP contribution in [0.2, 0.25) is 0 Å². The average Bonchev–Trinajstić information content (AvgIpc) is 3.15. The Morgan fingerprint density at radius 1 is 1.39 bits per heavy atom. The predicted octanol–water partition coefficient (Wildman–Crippen LogP) is 2.79. The van der Waals surface area contributed by atoms with Crippen LogP contribution in [0.5, 0.6) is 0 Å². The Labute approximate surface area is 138 Å². The topological polar surface area (TPSA) is 91.6 Å². The first kappa shape index (κ1) is 17.2. The van der Waals surface area contributed by atoms with Gasteiger partial charge in [0.15, 0.2) is 5.76 Å². The molecule has 0 aliphatic heterocycles. The summed E-state index contributed by atoms with van der Waals surface area (Å²) in [6, 6.07) is 4.94. The summed E-state index contributed by atoms with van der Waals surface area (Å²) >= 11 is 1.19. The molecule has 0 aliphatic carbocycles. The summed E-state index contributed by atoms with van der Waals surface area (Å²) in [5.41, 5.74) is 0.771. The molecule has 0 spiro atoms. The largest absolute Gasteiger partial charge is 0.459 e. The Bertz CT molecular complexity index is 664. The van der Waals surface area contributed by atoms with Gasteiger partial charge in [-0.2, -0.15) is 0 Å². The van der Waals surface area contributed by atoms with Crippen LogP contribution in [-0.2, 0) is 0 Å². The Morgan fingerprint density at radius 2 is 2.17 bits per heavy atom. The molecule has 0 saturated heterocycles. The molecule has 6 nitrogen and oxygen atoms in total. The third kappa shape index (κ3) is 4.67. The molecule has 1 unspecified atom stereocenters. The van der Waals surface area contributed by atoms with Crippen molar-refractivity contribution in [1.82, 2.24) is 5.32 Å². The summed E-state index contributed by atoms with van der Waals surface area (Å²) in [5, 5.41) is 15.6. The van der Waals surface area contributed by atoms with Gasteiger partial charge in [0.1, 0.15) is 0 Å². The second-order valence-corrected chi connectivity index (χ2v) is 6.26. The van der Waals surface area contributed by atoms with Crippen molar-refractivity contribution in [1.29, 1.82) is 0 Å². The molecule has 2 rings (SSSR count). The second kappa shape index (κ2) is 7.94. The van der Waals surface area contributed by atoms with E-state index in [4.69, 9.17) is 4.42 Å². The van der Waals surface area contributed by atoms with Gasteiger partial charge < -0.3 is 20.2 Å². The van der Waals surface area contributed by atoms with Crippen LogP contribution in [0, 0.1) is 6.92 Å². The van der Waals surface area contributed by atoms with Gasteiger partial charge in [-0.15, -0.1) is 11.3 Å². The van der Waals surface area contributed by atoms with Gasteiger partial charge in [0, 0.05) is 6.54 Å². The maximum absolute atomic E-state index is 12.2. The minimum Gasteiger partial charge on any atom is -0.459 e. The minimum atomic E-state index is -0.539. The maximum atomic E-state index is 12.2. The number of hydrogen-bond donors (Lipinski definition) is 3. The Balaban J connectivity index is 1.97. The van der Waals surface area contributed by atoms with Gasteiger partial charge in [0.05, 0.1) is 22.2 Å². The van der Waals surface area contributed by atoms with E-state index in [0.717, 1.165) is 12.0 Å². The number of furan rings is 1. The number of aryl methyl sites for hydroxylation is 1. The molecule has 1 atom stereocenters. The molecule has 2 aromatic heterocycles. The highest BCUT2D eigenvalue weighted by atomic mass is 32.1. The van der Waals surface area contributed by atoms with Crippen LogP contribution >= 0.6 is 11.3 Å². The molecule has 2 amide bonds. The van der Waals surface area contributed by atoms with E-state index in [0.29, 0.717) is 16.3 Å². The summed E-state index contributed by atoms with van der Waals surface area (Å²) in [5.74, 6) is -0.396. The maximum Gasteiger partial charge on any atom is 0.291 e. The first-order chi connectivity index (χ1) is 11.0. The summed E-state index contributed by atoms with van der Waals surface area (Å²) in [6.07, 6.45) is 2.39. The Kier molecular flexibility index (Phi) is 5.95. The summed E-state index contributed by atoms with van der Waals surface area (Å²) in [6.45, 7) is 4.00. The number of aliphatic hydroxyl groups excluding tert-OH is 1. The normalized spacial score (nSPS) is 12.0. The minimum absolute atomic E-state index is 0.213. The molecule has 2 heterocycles. The molecule has 0 aromatic carbocycles. The smallest absolute Gasteiger partial charge is 0.291 e. The predicted molar refractivity (Wildman–Crippen MR) is 89.0 cm³/mol. The van der Waals surface area contributed by atoms with Crippen LogP contribution < -0.4 is 10.6 Å². The number of carbonyl (C=O) groups is 2. The quantitative estimate of drug-likeness (QED) is 0.725. The van der Waals surface area contributed by atoms with Gasteiger partial charge in [-0.1, -0.05) is 13.3 Å². The van der Waals surface area contributed by atoms with Crippen molar-refractivity contribution in [3.63, 3.8) is 0 Å². The van der Waals surface area contributed by atoms with E-state index in [2.05, 4.69) is 10.6 Å². The SMILES string of the molecule is CCCC(O)CNC(=O)c1sc(NC(=O)c2ccco2)cc1C. The van der Waals surface area contributed by atoms with Crippen molar-refractivity contribution in [3.8, 4) is 0 Å². The number of rotatable bonds is 7. The first-order valence-corrected chi connectivity index (χ1v) is 8.24. The van der Waals surface area contributed by atoms with Crippen LogP contribution in [0.1, 0.15) is 45.6 Å². The van der Waals surface area contributed by atoms with Gasteiger partial charge in [0.2, 0.25) is 0 Å². The van der Waals surface area contributed by atoms with Crippen LogP contribution in [0.3, 0.4) is 0 Å². The monoisotopic (exact) mass is 336 g/mol. The Morgan fingerprint density at radius 3 is 2.83 bits per heavy atom. The van der Waals surface area contributed by atoms with E-state index in [1.165, 1.54) is 17.6 Å². The molecule has 23 heavy (non-hydrogen) atoms. The van der Waals surface area contributed by atoms with Crippen molar-refractivity contribution in [3.05, 3.63) is 40.7 Å². The average molecular weight is 336 g/mol. The molecule has 0 aliphatic rings. The van der Waals surface area contributed by atoms with E-state index in [9.17, 15) is 14.7 Å². The van der Waals surface area contributed by atoms with E-state index < -0.39 is 6.10 Å². The second-order valence-electron chi connectivity index (χ2n) is 5.21. The highest BCUT2D eigenvalue weighted by Crippen LogP contribution is 2.27. The van der Waals surface area contributed by atoms with Crippen molar-refractivity contribution in [2.75, 3.05) is 11.9 Å². The van der Waals surface area contributed by atoms with E-state index in [-0.39, 0.29) is 24.1 Å². The number of anilines is 1. The lowest BCUT2D eigenvalue weighted by Crippen LogP contribution is -2.31. The van der Waals surface area contributed by atoms with Gasteiger partial charge in [-0.05, 0) is 37.1 Å². The van der Waals surface area contributed by atoms with Crippen LogP contribution in [0.25, 0.3) is 0 Å². The van der Waals surface area contributed by atoms with Gasteiger partial charge in [-0.25, -0.2) is 0 Å². The van der Waals surface area contributed by atoms with Gasteiger partial charge in [-0.3, -0.25) is 9.59 Å². The third-order valence-corrected chi connectivity index (χ3v) is 4.38. The summed E-state index contributed by atoms with van der Waals surface area (Å²) in [7, 11) is 0. The molecule has 0 radical (unpaired) electrons. The van der Waals surface area contributed by atoms with Crippen molar-refractivity contribution in [2.45, 2.75) is 32.8 Å². The van der Waals surface area contributed by atoms with Gasteiger partial charge >= 0.3 is 0 Å². The zero-order valence-corrected chi connectivity index (χ0v) is 13.9. The zero-order chi connectivity index (χ0) is 16.8. The number of hydrogen-bond acceptors (Lipinski definition) is 5. The number of thiophene rings is 1. The number of nitrogens with one attached hydrogen (secondary N) is 2. The fourth-order valence-electron chi connectivity index (χ4n) is 2.08. The fourth-order valence-corrected chi connectivity index (χ4v) is 3.06. The molecule has 3 N–H and O–H groups in total. The van der Waals surface area contributed by atoms with E-state index >= 15 is 0 Å². The molecule has 2 aromatic rings. The number of amides is 2. The highest BCUT2D eigenvalue weighted by molar-refractivity contribution is 7.18. The highest BCUT2D eigenvalue weighted by Gasteiger charge is 2.17. The van der Waals surface area contributed by atoms with E-state index in [1.54, 1.807) is 25.1 Å². The van der Waals surface area contributed by atoms with Crippen LogP contribution in [-0.4, -0.2) is 29.6 Å². The first-order valence-electron chi connectivity index (χ1n) is 7.42. The van der Waals surface area contributed by atoms with Crippen LogP contribution in [0.4, 0.5) is 5.00 Å². The number of aliphatic hydroxyl groups is 1. The summed E-state index contributed by atoms with van der Waals surface area (Å²) in [4.78, 5) is 24.6.